The summed E-state index contributed by atoms with van der Waals surface area (Å²) >= 11 is 0. The maximum Gasteiger partial charge on any atom is 0.210 e. The number of hydrogen-bond acceptors (Lipinski definition) is 4. The lowest BCUT2D eigenvalue weighted by atomic mass is 10.1. The minimum Gasteiger partial charge on any atom is -0.399 e. The maximum absolute atomic E-state index is 12.9. The highest BCUT2D eigenvalue weighted by molar-refractivity contribution is 6.16. The first kappa shape index (κ1) is 18.5. The van der Waals surface area contributed by atoms with Crippen molar-refractivity contribution in [2.24, 2.45) is 0 Å². The minimum atomic E-state index is -0.0437. The van der Waals surface area contributed by atoms with Crippen LogP contribution in [0.25, 0.3) is 10.9 Å². The number of rotatable bonds is 7. The molecular formula is C21H30N4O. The first-order chi connectivity index (χ1) is 12.5. The smallest absolute Gasteiger partial charge is 0.210 e. The van der Waals surface area contributed by atoms with Gasteiger partial charge in [-0.1, -0.05) is 19.1 Å². The number of nitrogens with one attached hydrogen (secondary N) is 1. The third-order valence-corrected chi connectivity index (χ3v) is 5.15. The number of aromatic nitrogens is 1. The van der Waals surface area contributed by atoms with Crippen molar-refractivity contribution in [2.45, 2.75) is 39.2 Å². The number of carbonyl (C=O) groups excluding carboxylic acids is 1. The summed E-state index contributed by atoms with van der Waals surface area (Å²) in [6, 6.07) is 5.95. The fourth-order valence-electron chi connectivity index (χ4n) is 3.67. The number of carbonyl (C=O) groups is 1. The van der Waals surface area contributed by atoms with E-state index in [2.05, 4.69) is 35.2 Å². The Balaban J connectivity index is 1.71. The molecule has 1 saturated heterocycles. The molecule has 1 aromatic heterocycles. The molecule has 0 atom stereocenters. The third-order valence-electron chi connectivity index (χ3n) is 5.15. The van der Waals surface area contributed by atoms with Crippen LogP contribution in [0.4, 0.5) is 5.69 Å². The fraction of sp³-hybridized carbons (Fsp3) is 0.476. The van der Waals surface area contributed by atoms with Crippen LogP contribution in [-0.2, 0) is 0 Å². The van der Waals surface area contributed by atoms with Gasteiger partial charge in [-0.2, -0.15) is 0 Å². The Morgan fingerprint density at radius 2 is 2.00 bits per heavy atom. The van der Waals surface area contributed by atoms with Crippen molar-refractivity contribution < 1.29 is 4.79 Å². The van der Waals surface area contributed by atoms with Gasteiger partial charge in [-0.05, 0) is 51.9 Å². The third kappa shape index (κ3) is 3.93. The SMILES string of the molecule is C=C(NCCN1CCCCC1)C(=O)c1cn(C(C)C)c2cc(N)ccc12. The van der Waals surface area contributed by atoms with Gasteiger partial charge in [-0.25, -0.2) is 0 Å². The van der Waals surface area contributed by atoms with E-state index in [-0.39, 0.29) is 11.8 Å². The van der Waals surface area contributed by atoms with Crippen molar-refractivity contribution in [1.82, 2.24) is 14.8 Å². The first-order valence-electron chi connectivity index (χ1n) is 9.57. The van der Waals surface area contributed by atoms with Gasteiger partial charge >= 0.3 is 0 Å². The Bertz CT molecular complexity index is 800. The molecule has 3 N–H and O–H groups in total. The molecule has 2 heterocycles. The number of allylic oxidation sites excluding steroid dienone is 1. The molecule has 1 aliphatic heterocycles. The van der Waals surface area contributed by atoms with Crippen molar-refractivity contribution in [1.29, 1.82) is 0 Å². The zero-order chi connectivity index (χ0) is 18.7. The molecule has 0 aliphatic carbocycles. The maximum atomic E-state index is 12.9. The number of nitrogens with two attached hydrogens (primary N) is 1. The highest BCUT2D eigenvalue weighted by Crippen LogP contribution is 2.27. The van der Waals surface area contributed by atoms with E-state index in [9.17, 15) is 4.79 Å². The zero-order valence-electron chi connectivity index (χ0n) is 15.9. The van der Waals surface area contributed by atoms with Crippen LogP contribution in [-0.4, -0.2) is 41.4 Å². The lowest BCUT2D eigenvalue weighted by Crippen LogP contribution is -2.36. The minimum absolute atomic E-state index is 0.0437. The van der Waals surface area contributed by atoms with Gasteiger partial charge in [0.25, 0.3) is 0 Å². The van der Waals surface area contributed by atoms with E-state index in [1.54, 1.807) is 0 Å². The molecule has 0 saturated carbocycles. The second-order valence-corrected chi connectivity index (χ2v) is 7.46. The second-order valence-electron chi connectivity index (χ2n) is 7.46. The summed E-state index contributed by atoms with van der Waals surface area (Å²) in [6.45, 7) is 12.2. The molecule has 1 aromatic carbocycles. The van der Waals surface area contributed by atoms with Crippen LogP contribution >= 0.6 is 0 Å². The summed E-state index contributed by atoms with van der Waals surface area (Å²) in [4.78, 5) is 15.4. The molecule has 2 aromatic rings. The summed E-state index contributed by atoms with van der Waals surface area (Å²) in [5, 5.41) is 4.15. The van der Waals surface area contributed by atoms with Gasteiger partial charge in [-0.15, -0.1) is 0 Å². The van der Waals surface area contributed by atoms with Crippen LogP contribution < -0.4 is 11.1 Å². The first-order valence-corrected chi connectivity index (χ1v) is 9.57. The van der Waals surface area contributed by atoms with Gasteiger partial charge in [0.2, 0.25) is 5.78 Å². The Labute approximate surface area is 155 Å². The molecule has 0 spiro atoms. The van der Waals surface area contributed by atoms with Gasteiger partial charge in [0.15, 0.2) is 0 Å². The molecule has 0 radical (unpaired) electrons. The molecular weight excluding hydrogens is 324 g/mol. The van der Waals surface area contributed by atoms with Crippen LogP contribution in [0, 0.1) is 0 Å². The highest BCUT2D eigenvalue weighted by atomic mass is 16.1. The van der Waals surface area contributed by atoms with Crippen molar-refractivity contribution in [2.75, 3.05) is 31.9 Å². The lowest BCUT2D eigenvalue weighted by molar-refractivity contribution is 0.102. The number of nitrogen functional groups attached to an aromatic ring is 1. The van der Waals surface area contributed by atoms with E-state index in [4.69, 9.17) is 5.73 Å². The number of hydrogen-bond donors (Lipinski definition) is 2. The fourth-order valence-corrected chi connectivity index (χ4v) is 3.67. The molecule has 0 unspecified atom stereocenters. The van der Waals surface area contributed by atoms with E-state index >= 15 is 0 Å². The molecule has 5 nitrogen and oxygen atoms in total. The van der Waals surface area contributed by atoms with E-state index < -0.39 is 0 Å². The van der Waals surface area contributed by atoms with E-state index in [0.717, 1.165) is 37.1 Å². The second kappa shape index (κ2) is 7.96. The lowest BCUT2D eigenvalue weighted by Gasteiger charge is -2.26. The van der Waals surface area contributed by atoms with Gasteiger partial charge in [0.1, 0.15) is 0 Å². The summed E-state index contributed by atoms with van der Waals surface area (Å²) in [5.41, 5.74) is 8.78. The topological polar surface area (TPSA) is 63.3 Å². The molecule has 26 heavy (non-hydrogen) atoms. The number of ketones is 1. The standard InChI is InChI=1S/C21H30N4O/c1-15(2)25-14-19(18-8-7-17(22)13-20(18)25)21(26)16(3)23-9-12-24-10-5-4-6-11-24/h7-8,13-15,23H,3-6,9-12,22H2,1-2H3. The van der Waals surface area contributed by atoms with Crippen LogP contribution in [0.5, 0.6) is 0 Å². The molecule has 1 fully saturated rings. The normalized spacial score (nSPS) is 15.5. The van der Waals surface area contributed by atoms with Crippen molar-refractivity contribution in [3.63, 3.8) is 0 Å². The summed E-state index contributed by atoms with van der Waals surface area (Å²) in [5.74, 6) is -0.0437. The van der Waals surface area contributed by atoms with Gasteiger partial charge in [0.05, 0.1) is 11.2 Å². The van der Waals surface area contributed by atoms with Gasteiger partial charge < -0.3 is 20.5 Å². The predicted octanol–water partition coefficient (Wildman–Crippen LogP) is 3.58. The largest absolute Gasteiger partial charge is 0.399 e. The Kier molecular flexibility index (Phi) is 5.67. The summed E-state index contributed by atoms with van der Waals surface area (Å²) in [6.07, 6.45) is 5.81. The number of benzene rings is 1. The van der Waals surface area contributed by atoms with Gasteiger partial charge in [0, 0.05) is 42.0 Å². The predicted molar refractivity (Wildman–Crippen MR) is 108 cm³/mol. The quantitative estimate of drug-likeness (QED) is 0.453. The van der Waals surface area contributed by atoms with E-state index in [1.807, 2.05) is 24.4 Å². The van der Waals surface area contributed by atoms with E-state index in [0.29, 0.717) is 16.9 Å². The average Bonchev–Trinajstić information content (AvgIpc) is 3.00. The van der Waals surface area contributed by atoms with Crippen LogP contribution in [0.1, 0.15) is 49.5 Å². The molecule has 1 aliphatic rings. The van der Waals surface area contributed by atoms with Crippen LogP contribution in [0.15, 0.2) is 36.7 Å². The van der Waals surface area contributed by atoms with Crippen molar-refractivity contribution in [3.8, 4) is 0 Å². The average molecular weight is 354 g/mol. The van der Waals surface area contributed by atoms with Crippen molar-refractivity contribution >= 4 is 22.4 Å². The van der Waals surface area contributed by atoms with Crippen LogP contribution in [0.2, 0.25) is 0 Å². The van der Waals surface area contributed by atoms with Crippen LogP contribution in [0.3, 0.4) is 0 Å². The number of piperidine rings is 1. The van der Waals surface area contributed by atoms with E-state index in [1.165, 1.54) is 19.3 Å². The number of Topliss-reactive ketones (excluding diaryl/α,β-unsaturated/α-hetero) is 1. The Hall–Kier alpha value is -2.27. The monoisotopic (exact) mass is 354 g/mol. The van der Waals surface area contributed by atoms with Crippen molar-refractivity contribution in [3.05, 3.63) is 42.2 Å². The number of nitrogens with zero attached hydrogens (tertiary/aromatic N) is 2. The van der Waals surface area contributed by atoms with Gasteiger partial charge in [-0.3, -0.25) is 4.79 Å². The highest BCUT2D eigenvalue weighted by Gasteiger charge is 2.19. The molecule has 5 heteroatoms. The zero-order valence-corrected chi connectivity index (χ0v) is 15.9. The molecule has 0 amide bonds. The summed E-state index contributed by atoms with van der Waals surface area (Å²) < 4.78 is 2.10. The Morgan fingerprint density at radius 1 is 1.27 bits per heavy atom. The number of likely N-dealkylation sites (tertiary alicyclic amines) is 1. The number of fused-ring (bicyclic) bond motifs is 1. The Morgan fingerprint density at radius 3 is 2.69 bits per heavy atom. The molecule has 3 rings (SSSR count). The number of anilines is 1. The molecule has 0 bridgehead atoms. The summed E-state index contributed by atoms with van der Waals surface area (Å²) in [7, 11) is 0. The molecule has 140 valence electrons.